The molecular weight excluding hydrogens is 398 g/mol. The summed E-state index contributed by atoms with van der Waals surface area (Å²) >= 11 is 0. The number of benzene rings is 1. The van der Waals surface area contributed by atoms with Crippen LogP contribution in [0.2, 0.25) is 0 Å². The van der Waals surface area contributed by atoms with Crippen LogP contribution in [0.1, 0.15) is 44.6 Å². The Morgan fingerprint density at radius 3 is 2.68 bits per heavy atom. The first-order valence-corrected chi connectivity index (χ1v) is 10.7. The SMILES string of the molecule is CCO[C@H]1C[C@@H](n2nnc3c(OCc4ccccc4)nc(C)nc32)[C@@H]2OC(C)(C)O[C@@H]21. The molecule has 0 spiro atoms. The molecule has 3 heterocycles. The van der Waals surface area contributed by atoms with E-state index in [0.717, 1.165) is 5.56 Å². The monoisotopic (exact) mass is 425 g/mol. The van der Waals surface area contributed by atoms with Crippen molar-refractivity contribution >= 4 is 11.2 Å². The first-order valence-electron chi connectivity index (χ1n) is 10.7. The van der Waals surface area contributed by atoms with Crippen LogP contribution >= 0.6 is 0 Å². The molecule has 2 aliphatic rings. The van der Waals surface area contributed by atoms with E-state index in [0.29, 0.717) is 42.5 Å². The largest absolute Gasteiger partial charge is 0.471 e. The number of hydrogen-bond acceptors (Lipinski definition) is 8. The molecule has 9 heteroatoms. The fourth-order valence-electron chi connectivity index (χ4n) is 4.48. The molecule has 4 atom stereocenters. The lowest BCUT2D eigenvalue weighted by Gasteiger charge is -2.23. The van der Waals surface area contributed by atoms with Crippen LogP contribution < -0.4 is 4.74 Å². The van der Waals surface area contributed by atoms with E-state index >= 15 is 0 Å². The Bertz CT molecular complexity index is 1070. The standard InChI is InChI=1S/C22H27N5O4/c1-5-28-16-11-15(18-19(16)31-22(3,4)30-18)27-20-17(25-26-27)21(24-13(2)23-20)29-12-14-9-7-6-8-10-14/h6-10,15-16,18-19H,5,11-12H2,1-4H3/t15-,16+,18+,19-/m1/s1. The van der Waals surface area contributed by atoms with Crippen molar-refractivity contribution in [3.63, 3.8) is 0 Å². The highest BCUT2D eigenvalue weighted by molar-refractivity contribution is 5.75. The first kappa shape index (κ1) is 20.3. The van der Waals surface area contributed by atoms with Crippen LogP contribution in [-0.4, -0.2) is 55.7 Å². The molecule has 5 rings (SSSR count). The van der Waals surface area contributed by atoms with E-state index in [4.69, 9.17) is 18.9 Å². The number of ether oxygens (including phenoxy) is 4. The Morgan fingerprint density at radius 1 is 1.13 bits per heavy atom. The Labute approximate surface area is 180 Å². The maximum atomic E-state index is 6.23. The quantitative estimate of drug-likeness (QED) is 0.595. The molecule has 1 saturated heterocycles. The van der Waals surface area contributed by atoms with Crippen molar-refractivity contribution < 1.29 is 18.9 Å². The van der Waals surface area contributed by atoms with Crippen LogP contribution in [0.25, 0.3) is 11.2 Å². The molecule has 0 bridgehead atoms. The van der Waals surface area contributed by atoms with Gasteiger partial charge in [0.25, 0.3) is 0 Å². The molecule has 164 valence electrons. The fourth-order valence-corrected chi connectivity index (χ4v) is 4.48. The fraction of sp³-hybridized carbons (Fsp3) is 0.545. The van der Waals surface area contributed by atoms with E-state index in [1.54, 1.807) is 0 Å². The predicted molar refractivity (Wildman–Crippen MR) is 112 cm³/mol. The summed E-state index contributed by atoms with van der Waals surface area (Å²) < 4.78 is 26.2. The summed E-state index contributed by atoms with van der Waals surface area (Å²) in [4.78, 5) is 9.09. The molecule has 2 aromatic heterocycles. The van der Waals surface area contributed by atoms with Gasteiger partial charge in [-0.15, -0.1) is 5.10 Å². The maximum absolute atomic E-state index is 6.23. The van der Waals surface area contributed by atoms with Gasteiger partial charge in [0, 0.05) is 13.0 Å². The zero-order valence-electron chi connectivity index (χ0n) is 18.2. The zero-order valence-corrected chi connectivity index (χ0v) is 18.2. The molecule has 0 amide bonds. The van der Waals surface area contributed by atoms with Crippen molar-refractivity contribution in [2.75, 3.05) is 6.61 Å². The van der Waals surface area contributed by atoms with Crippen LogP contribution in [0.4, 0.5) is 0 Å². The molecule has 0 unspecified atom stereocenters. The predicted octanol–water partition coefficient (Wildman–Crippen LogP) is 2.98. The van der Waals surface area contributed by atoms with Gasteiger partial charge < -0.3 is 18.9 Å². The van der Waals surface area contributed by atoms with E-state index in [2.05, 4.69) is 20.3 Å². The second-order valence-electron chi connectivity index (χ2n) is 8.42. The third kappa shape index (κ3) is 3.77. The molecular formula is C22H27N5O4. The highest BCUT2D eigenvalue weighted by Crippen LogP contribution is 2.45. The molecule has 2 fully saturated rings. The molecule has 3 aromatic rings. The minimum Gasteiger partial charge on any atom is -0.471 e. The minimum atomic E-state index is -0.672. The van der Waals surface area contributed by atoms with Crippen molar-refractivity contribution in [3.05, 3.63) is 41.7 Å². The summed E-state index contributed by atoms with van der Waals surface area (Å²) in [5, 5.41) is 8.79. The van der Waals surface area contributed by atoms with Crippen molar-refractivity contribution in [1.82, 2.24) is 25.0 Å². The van der Waals surface area contributed by atoms with Crippen molar-refractivity contribution in [2.45, 2.75) is 70.9 Å². The van der Waals surface area contributed by atoms with Gasteiger partial charge in [0.05, 0.1) is 12.1 Å². The van der Waals surface area contributed by atoms with Gasteiger partial charge in [-0.2, -0.15) is 4.98 Å². The molecule has 1 aliphatic carbocycles. The second-order valence-corrected chi connectivity index (χ2v) is 8.42. The number of fused-ring (bicyclic) bond motifs is 2. The van der Waals surface area contributed by atoms with Gasteiger partial charge in [0.2, 0.25) is 5.88 Å². The highest BCUT2D eigenvalue weighted by Gasteiger charge is 2.56. The van der Waals surface area contributed by atoms with Crippen molar-refractivity contribution in [2.24, 2.45) is 0 Å². The Morgan fingerprint density at radius 2 is 1.90 bits per heavy atom. The zero-order chi connectivity index (χ0) is 21.6. The number of nitrogens with zero attached hydrogens (tertiary/aromatic N) is 5. The smallest absolute Gasteiger partial charge is 0.248 e. The highest BCUT2D eigenvalue weighted by atomic mass is 16.8. The summed E-state index contributed by atoms with van der Waals surface area (Å²) in [5.74, 6) is 0.352. The van der Waals surface area contributed by atoms with Crippen LogP contribution in [0, 0.1) is 6.92 Å². The van der Waals surface area contributed by atoms with Gasteiger partial charge in [-0.1, -0.05) is 35.5 Å². The lowest BCUT2D eigenvalue weighted by atomic mass is 10.2. The van der Waals surface area contributed by atoms with Gasteiger partial charge in [0.1, 0.15) is 24.6 Å². The molecule has 1 aliphatic heterocycles. The molecule has 0 radical (unpaired) electrons. The normalized spacial score (nSPS) is 27.0. The van der Waals surface area contributed by atoms with Gasteiger partial charge in [-0.25, -0.2) is 9.67 Å². The summed E-state index contributed by atoms with van der Waals surface area (Å²) in [6.07, 6.45) is 0.287. The van der Waals surface area contributed by atoms with Gasteiger partial charge in [-0.3, -0.25) is 0 Å². The molecule has 1 aromatic carbocycles. The van der Waals surface area contributed by atoms with Crippen LogP contribution in [0.5, 0.6) is 5.88 Å². The van der Waals surface area contributed by atoms with Gasteiger partial charge in [0.15, 0.2) is 17.0 Å². The minimum absolute atomic E-state index is 0.0715. The molecule has 31 heavy (non-hydrogen) atoms. The van der Waals surface area contributed by atoms with Crippen LogP contribution in [0.3, 0.4) is 0 Å². The Kier molecular flexibility index (Phi) is 5.11. The average molecular weight is 425 g/mol. The first-order chi connectivity index (χ1) is 14.9. The maximum Gasteiger partial charge on any atom is 0.248 e. The number of aryl methyl sites for hydroxylation is 1. The Hall–Kier alpha value is -2.62. The van der Waals surface area contributed by atoms with E-state index in [1.165, 1.54) is 0 Å². The number of rotatable bonds is 6. The molecule has 9 nitrogen and oxygen atoms in total. The second kappa shape index (κ2) is 7.81. The molecule has 1 saturated carbocycles. The van der Waals surface area contributed by atoms with E-state index in [9.17, 15) is 0 Å². The number of aromatic nitrogens is 5. The topological polar surface area (TPSA) is 93.4 Å². The van der Waals surface area contributed by atoms with Gasteiger partial charge in [-0.05, 0) is 33.3 Å². The third-order valence-electron chi connectivity index (χ3n) is 5.70. The van der Waals surface area contributed by atoms with Crippen molar-refractivity contribution in [3.8, 4) is 5.88 Å². The van der Waals surface area contributed by atoms with Crippen molar-refractivity contribution in [1.29, 1.82) is 0 Å². The van der Waals surface area contributed by atoms with E-state index in [1.807, 2.05) is 62.7 Å². The van der Waals surface area contributed by atoms with E-state index < -0.39 is 5.79 Å². The van der Waals surface area contributed by atoms with Crippen LogP contribution in [0.15, 0.2) is 30.3 Å². The summed E-state index contributed by atoms with van der Waals surface area (Å²) in [6.45, 7) is 8.68. The third-order valence-corrected chi connectivity index (χ3v) is 5.70. The lowest BCUT2D eigenvalue weighted by molar-refractivity contribution is -0.170. The van der Waals surface area contributed by atoms with Gasteiger partial charge >= 0.3 is 0 Å². The summed E-state index contributed by atoms with van der Waals surface area (Å²) in [7, 11) is 0. The van der Waals surface area contributed by atoms with E-state index in [-0.39, 0.29) is 24.4 Å². The molecule has 0 N–H and O–H groups in total. The number of hydrogen-bond donors (Lipinski definition) is 0. The average Bonchev–Trinajstić information content (AvgIpc) is 3.39. The summed E-state index contributed by atoms with van der Waals surface area (Å²) in [6, 6.07) is 9.84. The summed E-state index contributed by atoms with van der Waals surface area (Å²) in [5.41, 5.74) is 2.22. The van der Waals surface area contributed by atoms with Crippen LogP contribution in [-0.2, 0) is 20.8 Å². The lowest BCUT2D eigenvalue weighted by Crippen LogP contribution is -2.31. The Balaban J connectivity index is 1.47.